The molecule has 4 atom stereocenters. The first-order chi connectivity index (χ1) is 17.4. The Balaban J connectivity index is 0.00000507. The number of pyridine rings is 1. The van der Waals surface area contributed by atoms with Gasteiger partial charge in [-0.3, -0.25) is 4.79 Å². The Hall–Kier alpha value is -2.54. The van der Waals surface area contributed by atoms with Crippen molar-refractivity contribution in [2.75, 3.05) is 29.3 Å². The summed E-state index contributed by atoms with van der Waals surface area (Å²) in [5.41, 5.74) is 0.894. The van der Waals surface area contributed by atoms with E-state index in [4.69, 9.17) is 0 Å². The van der Waals surface area contributed by atoms with Gasteiger partial charge in [0.2, 0.25) is 0 Å². The standard InChI is InChI=1S/C25H35F2N5O4S.ClH/c1-4-16(2)30-21-14-18(13-20(32-21)29-15-37(3,35)36)24(34)31-19(12-17-8-6-5-7-9-17)22(33)23-25(26,27)10-11-28-23;/h5-9,13-14,16,19,22-23,28,33H,4,10-12,15H2,1-3H3,(H,31,34)(H2,29,30,32);1H/t16?,19?,22-,23?;/m0./s1. The van der Waals surface area contributed by atoms with Gasteiger partial charge in [-0.2, -0.15) is 0 Å². The zero-order valence-corrected chi connectivity index (χ0v) is 23.2. The lowest BCUT2D eigenvalue weighted by atomic mass is 9.93. The maximum absolute atomic E-state index is 14.5. The van der Waals surface area contributed by atoms with E-state index in [1.54, 1.807) is 24.3 Å². The molecule has 13 heteroatoms. The summed E-state index contributed by atoms with van der Waals surface area (Å²) in [6.45, 7) is 3.96. The second kappa shape index (κ2) is 13.5. The van der Waals surface area contributed by atoms with Crippen molar-refractivity contribution in [1.82, 2.24) is 15.6 Å². The molecule has 9 nitrogen and oxygen atoms in total. The lowest BCUT2D eigenvalue weighted by Gasteiger charge is -2.31. The molecule has 38 heavy (non-hydrogen) atoms. The monoisotopic (exact) mass is 575 g/mol. The largest absolute Gasteiger partial charge is 0.389 e. The van der Waals surface area contributed by atoms with Crippen LogP contribution >= 0.6 is 12.4 Å². The molecule has 212 valence electrons. The number of carbonyl (C=O) groups excluding carboxylic acids is 1. The van der Waals surface area contributed by atoms with Crippen LogP contribution < -0.4 is 21.3 Å². The molecule has 1 amide bonds. The number of anilines is 2. The van der Waals surface area contributed by atoms with Crippen molar-refractivity contribution < 1.29 is 27.1 Å². The topological polar surface area (TPSA) is 132 Å². The van der Waals surface area contributed by atoms with Gasteiger partial charge in [0.1, 0.15) is 17.5 Å². The normalized spacial score (nSPS) is 19.1. The molecule has 0 radical (unpaired) electrons. The number of nitrogens with one attached hydrogen (secondary N) is 4. The van der Waals surface area contributed by atoms with Gasteiger partial charge in [0.05, 0.1) is 18.2 Å². The highest BCUT2D eigenvalue weighted by Crippen LogP contribution is 2.31. The zero-order valence-electron chi connectivity index (χ0n) is 21.6. The van der Waals surface area contributed by atoms with E-state index in [2.05, 4.69) is 26.3 Å². The van der Waals surface area contributed by atoms with Crippen LogP contribution in [0.25, 0.3) is 0 Å². The predicted octanol–water partition coefficient (Wildman–Crippen LogP) is 2.83. The Morgan fingerprint density at radius 1 is 1.24 bits per heavy atom. The van der Waals surface area contributed by atoms with Crippen molar-refractivity contribution in [2.24, 2.45) is 0 Å². The molecule has 3 rings (SSSR count). The quantitative estimate of drug-likeness (QED) is 0.261. The van der Waals surface area contributed by atoms with Crippen molar-refractivity contribution >= 4 is 39.8 Å². The van der Waals surface area contributed by atoms with E-state index in [0.29, 0.717) is 5.82 Å². The molecule has 0 saturated carbocycles. The first-order valence-corrected chi connectivity index (χ1v) is 14.3. The van der Waals surface area contributed by atoms with Gasteiger partial charge in [0.15, 0.2) is 9.84 Å². The minimum absolute atomic E-state index is 0. The number of benzene rings is 1. The number of hydrogen-bond donors (Lipinski definition) is 5. The highest BCUT2D eigenvalue weighted by Gasteiger charge is 2.49. The third-order valence-electron chi connectivity index (χ3n) is 6.26. The number of nitrogens with zero attached hydrogens (tertiary/aromatic N) is 1. The number of amides is 1. The minimum Gasteiger partial charge on any atom is -0.389 e. The molecule has 1 fully saturated rings. The fourth-order valence-electron chi connectivity index (χ4n) is 4.06. The number of sulfone groups is 1. The summed E-state index contributed by atoms with van der Waals surface area (Å²) in [5.74, 6) is -3.61. The third kappa shape index (κ3) is 9.04. The van der Waals surface area contributed by atoms with E-state index in [1.165, 1.54) is 12.1 Å². The molecule has 2 aromatic rings. The van der Waals surface area contributed by atoms with Crippen LogP contribution in [0.3, 0.4) is 0 Å². The highest BCUT2D eigenvalue weighted by atomic mass is 35.5. The summed E-state index contributed by atoms with van der Waals surface area (Å²) in [4.78, 5) is 17.7. The highest BCUT2D eigenvalue weighted by molar-refractivity contribution is 7.90. The average molecular weight is 576 g/mol. The fourth-order valence-corrected chi connectivity index (χ4v) is 4.47. The summed E-state index contributed by atoms with van der Waals surface area (Å²) in [5, 5.41) is 22.2. The van der Waals surface area contributed by atoms with Crippen molar-refractivity contribution in [2.45, 2.75) is 63.3 Å². The number of carbonyl (C=O) groups is 1. The van der Waals surface area contributed by atoms with E-state index in [0.717, 1.165) is 18.2 Å². The van der Waals surface area contributed by atoms with Crippen LogP contribution in [0.1, 0.15) is 42.6 Å². The Morgan fingerprint density at radius 2 is 1.89 bits per heavy atom. The maximum Gasteiger partial charge on any atom is 0.266 e. The molecule has 3 unspecified atom stereocenters. The molecule has 1 aromatic carbocycles. The third-order valence-corrected chi connectivity index (χ3v) is 6.92. The Morgan fingerprint density at radius 3 is 2.47 bits per heavy atom. The lowest BCUT2D eigenvalue weighted by molar-refractivity contribution is -0.0606. The van der Waals surface area contributed by atoms with Crippen molar-refractivity contribution in [3.63, 3.8) is 0 Å². The number of aliphatic hydroxyl groups is 1. The van der Waals surface area contributed by atoms with Gasteiger partial charge >= 0.3 is 0 Å². The number of aliphatic hydroxyl groups excluding tert-OH is 1. The molecule has 2 heterocycles. The second-order valence-electron chi connectivity index (χ2n) is 9.53. The van der Waals surface area contributed by atoms with E-state index in [-0.39, 0.29) is 48.7 Å². The van der Waals surface area contributed by atoms with Gasteiger partial charge in [-0.25, -0.2) is 22.2 Å². The average Bonchev–Trinajstić information content (AvgIpc) is 3.20. The van der Waals surface area contributed by atoms with Crippen molar-refractivity contribution in [3.8, 4) is 0 Å². The van der Waals surface area contributed by atoms with Crippen LogP contribution in [0.15, 0.2) is 42.5 Å². The van der Waals surface area contributed by atoms with Crippen LogP contribution in [0.5, 0.6) is 0 Å². The van der Waals surface area contributed by atoms with Crippen LogP contribution in [-0.2, 0) is 16.3 Å². The summed E-state index contributed by atoms with van der Waals surface area (Å²) >= 11 is 0. The van der Waals surface area contributed by atoms with Gasteiger partial charge in [-0.15, -0.1) is 12.4 Å². The molecule has 1 aromatic heterocycles. The molecule has 0 bridgehead atoms. The van der Waals surface area contributed by atoms with Crippen LogP contribution in [0.2, 0.25) is 0 Å². The molecule has 1 saturated heterocycles. The Labute approximate surface area is 228 Å². The molecule has 1 aliphatic rings. The van der Waals surface area contributed by atoms with Crippen molar-refractivity contribution in [3.05, 3.63) is 53.6 Å². The van der Waals surface area contributed by atoms with E-state index >= 15 is 0 Å². The molecular weight excluding hydrogens is 540 g/mol. The molecule has 0 spiro atoms. The summed E-state index contributed by atoms with van der Waals surface area (Å²) in [7, 11) is -3.36. The summed E-state index contributed by atoms with van der Waals surface area (Å²) in [6.07, 6.45) is 0.00847. The summed E-state index contributed by atoms with van der Waals surface area (Å²) in [6, 6.07) is 9.36. The number of halogens is 3. The molecule has 0 aliphatic carbocycles. The first kappa shape index (κ1) is 31.7. The van der Waals surface area contributed by atoms with Gasteiger partial charge in [-0.1, -0.05) is 37.3 Å². The van der Waals surface area contributed by atoms with Gasteiger partial charge in [0, 0.05) is 30.8 Å². The number of hydrogen-bond acceptors (Lipinski definition) is 8. The SMILES string of the molecule is CCC(C)Nc1cc(C(=O)NC(Cc2ccccc2)[C@H](O)C2NCCC2(F)F)cc(NCS(C)(=O)=O)n1.Cl. The molecule has 5 N–H and O–H groups in total. The van der Waals surface area contributed by atoms with E-state index in [1.807, 2.05) is 19.9 Å². The van der Waals surface area contributed by atoms with E-state index in [9.17, 15) is 27.1 Å². The Bertz CT molecular complexity index is 1170. The summed E-state index contributed by atoms with van der Waals surface area (Å²) < 4.78 is 52.2. The van der Waals surface area contributed by atoms with Crippen LogP contribution in [0, 0.1) is 0 Å². The number of alkyl halides is 2. The maximum atomic E-state index is 14.5. The molecule has 1 aliphatic heterocycles. The van der Waals surface area contributed by atoms with Gasteiger partial charge in [-0.05, 0) is 37.5 Å². The number of rotatable bonds is 12. The number of aromatic nitrogens is 1. The van der Waals surface area contributed by atoms with Crippen molar-refractivity contribution in [1.29, 1.82) is 0 Å². The zero-order chi connectivity index (χ0) is 27.2. The lowest BCUT2D eigenvalue weighted by Crippen LogP contribution is -2.56. The smallest absolute Gasteiger partial charge is 0.266 e. The first-order valence-electron chi connectivity index (χ1n) is 12.2. The second-order valence-corrected chi connectivity index (χ2v) is 11.7. The fraction of sp³-hybridized carbons (Fsp3) is 0.520. The predicted molar refractivity (Wildman–Crippen MR) is 147 cm³/mol. The van der Waals surface area contributed by atoms with Crippen LogP contribution in [0.4, 0.5) is 20.4 Å². The minimum atomic E-state index is -3.36. The van der Waals surface area contributed by atoms with Crippen LogP contribution in [-0.4, -0.2) is 73.2 Å². The molecular formula is C25H36ClF2N5O4S. The Kier molecular flexibility index (Phi) is 11.3. The van der Waals surface area contributed by atoms with E-state index < -0.39 is 46.3 Å². The van der Waals surface area contributed by atoms with Gasteiger partial charge in [0.25, 0.3) is 11.8 Å². The van der Waals surface area contributed by atoms with Gasteiger partial charge < -0.3 is 26.4 Å².